The Morgan fingerprint density at radius 2 is 2.25 bits per heavy atom. The standard InChI is InChI=1S/C15H22N4O/c16-7-15(20)19-9-12-3-1-2-11(14(12)10-19)6-13-8-17-4-5-18-13/h4-5,8,11-12,14H,1-3,6-7,9-10,16H2/t11-,12-,14-/m1/s1. The number of hydrogen-bond donors (Lipinski definition) is 1. The Kier molecular flexibility index (Phi) is 3.96. The highest BCUT2D eigenvalue weighted by Crippen LogP contribution is 2.41. The normalized spacial score (nSPS) is 29.2. The third kappa shape index (κ3) is 2.68. The summed E-state index contributed by atoms with van der Waals surface area (Å²) in [6.45, 7) is 1.91. The molecule has 0 radical (unpaired) electrons. The minimum absolute atomic E-state index is 0.0950. The van der Waals surface area contributed by atoms with E-state index in [1.54, 1.807) is 12.4 Å². The van der Waals surface area contributed by atoms with E-state index in [0.717, 1.165) is 25.2 Å². The molecule has 1 aromatic heterocycles. The van der Waals surface area contributed by atoms with Gasteiger partial charge in [-0.25, -0.2) is 0 Å². The van der Waals surface area contributed by atoms with Crippen LogP contribution in [0.4, 0.5) is 0 Å². The zero-order chi connectivity index (χ0) is 13.9. The van der Waals surface area contributed by atoms with Crippen molar-refractivity contribution in [3.8, 4) is 0 Å². The van der Waals surface area contributed by atoms with Gasteiger partial charge >= 0.3 is 0 Å². The Balaban J connectivity index is 1.68. The van der Waals surface area contributed by atoms with Gasteiger partial charge in [0.15, 0.2) is 0 Å². The lowest BCUT2D eigenvalue weighted by Crippen LogP contribution is -2.34. The Labute approximate surface area is 119 Å². The minimum atomic E-state index is 0.0950. The van der Waals surface area contributed by atoms with E-state index in [0.29, 0.717) is 17.8 Å². The summed E-state index contributed by atoms with van der Waals surface area (Å²) in [5.41, 5.74) is 6.56. The van der Waals surface area contributed by atoms with Crippen LogP contribution in [0, 0.1) is 17.8 Å². The third-order valence-corrected chi connectivity index (χ3v) is 4.86. The highest BCUT2D eigenvalue weighted by molar-refractivity contribution is 5.78. The molecule has 1 saturated heterocycles. The van der Waals surface area contributed by atoms with Crippen LogP contribution in [0.5, 0.6) is 0 Å². The van der Waals surface area contributed by atoms with E-state index < -0.39 is 0 Å². The molecular weight excluding hydrogens is 252 g/mol. The van der Waals surface area contributed by atoms with Crippen LogP contribution < -0.4 is 5.73 Å². The van der Waals surface area contributed by atoms with E-state index in [4.69, 9.17) is 5.73 Å². The predicted octanol–water partition coefficient (Wildman–Crippen LogP) is 0.852. The van der Waals surface area contributed by atoms with E-state index in [-0.39, 0.29) is 12.5 Å². The highest BCUT2D eigenvalue weighted by atomic mass is 16.2. The number of amides is 1. The highest BCUT2D eigenvalue weighted by Gasteiger charge is 2.41. The van der Waals surface area contributed by atoms with Gasteiger partial charge in [-0.2, -0.15) is 0 Å². The quantitative estimate of drug-likeness (QED) is 0.887. The van der Waals surface area contributed by atoms with Crippen molar-refractivity contribution in [2.75, 3.05) is 19.6 Å². The Morgan fingerprint density at radius 3 is 3.00 bits per heavy atom. The monoisotopic (exact) mass is 274 g/mol. The summed E-state index contributed by atoms with van der Waals surface area (Å²) >= 11 is 0. The van der Waals surface area contributed by atoms with Gasteiger partial charge in [-0.1, -0.05) is 6.42 Å². The average Bonchev–Trinajstić information content (AvgIpc) is 2.93. The van der Waals surface area contributed by atoms with E-state index in [2.05, 4.69) is 9.97 Å². The summed E-state index contributed by atoms with van der Waals surface area (Å²) < 4.78 is 0. The van der Waals surface area contributed by atoms with Crippen LogP contribution in [-0.2, 0) is 11.2 Å². The van der Waals surface area contributed by atoms with Gasteiger partial charge in [0.2, 0.25) is 5.91 Å². The molecule has 1 aliphatic carbocycles. The summed E-state index contributed by atoms with van der Waals surface area (Å²) in [4.78, 5) is 22.3. The molecule has 5 heteroatoms. The molecule has 0 spiro atoms. The maximum absolute atomic E-state index is 11.8. The van der Waals surface area contributed by atoms with Gasteiger partial charge in [0.1, 0.15) is 0 Å². The van der Waals surface area contributed by atoms with Crippen LogP contribution in [0.15, 0.2) is 18.6 Å². The summed E-state index contributed by atoms with van der Waals surface area (Å²) in [7, 11) is 0. The molecule has 1 aromatic rings. The maximum Gasteiger partial charge on any atom is 0.236 e. The predicted molar refractivity (Wildman–Crippen MR) is 75.7 cm³/mol. The SMILES string of the molecule is NCC(=O)N1C[C@H]2CCC[C@H](Cc3cnccn3)[C@H]2C1. The molecule has 2 aliphatic rings. The van der Waals surface area contributed by atoms with Crippen LogP contribution in [0.3, 0.4) is 0 Å². The van der Waals surface area contributed by atoms with Gasteiger partial charge < -0.3 is 10.6 Å². The molecule has 0 bridgehead atoms. The molecule has 108 valence electrons. The molecule has 1 saturated carbocycles. The molecule has 3 rings (SSSR count). The van der Waals surface area contributed by atoms with Crippen molar-refractivity contribution in [3.63, 3.8) is 0 Å². The van der Waals surface area contributed by atoms with E-state index in [1.165, 1.54) is 19.3 Å². The third-order valence-electron chi connectivity index (χ3n) is 4.86. The molecule has 0 aromatic carbocycles. The molecule has 2 heterocycles. The fourth-order valence-corrected chi connectivity index (χ4v) is 3.88. The van der Waals surface area contributed by atoms with Gasteiger partial charge in [0, 0.05) is 31.7 Å². The summed E-state index contributed by atoms with van der Waals surface area (Å²) in [6.07, 6.45) is 10.1. The molecule has 1 aliphatic heterocycles. The number of carbonyl (C=O) groups excluding carboxylic acids is 1. The van der Waals surface area contributed by atoms with Crippen LogP contribution in [0.1, 0.15) is 25.0 Å². The number of likely N-dealkylation sites (tertiary alicyclic amines) is 1. The largest absolute Gasteiger partial charge is 0.341 e. The first kappa shape index (κ1) is 13.5. The van der Waals surface area contributed by atoms with Crippen molar-refractivity contribution in [1.82, 2.24) is 14.9 Å². The lowest BCUT2D eigenvalue weighted by atomic mass is 9.72. The van der Waals surface area contributed by atoms with Gasteiger partial charge in [-0.15, -0.1) is 0 Å². The van der Waals surface area contributed by atoms with Crippen molar-refractivity contribution in [2.45, 2.75) is 25.7 Å². The van der Waals surface area contributed by atoms with Crippen LogP contribution in [0.25, 0.3) is 0 Å². The number of hydrogen-bond acceptors (Lipinski definition) is 4. The van der Waals surface area contributed by atoms with Crippen molar-refractivity contribution < 1.29 is 4.79 Å². The molecule has 3 atom stereocenters. The first-order valence-electron chi connectivity index (χ1n) is 7.50. The average molecular weight is 274 g/mol. The minimum Gasteiger partial charge on any atom is -0.341 e. The second-order valence-corrected chi connectivity index (χ2v) is 6.02. The zero-order valence-corrected chi connectivity index (χ0v) is 11.7. The molecule has 2 N–H and O–H groups in total. The van der Waals surface area contributed by atoms with Crippen molar-refractivity contribution >= 4 is 5.91 Å². The Morgan fingerprint density at radius 1 is 1.35 bits per heavy atom. The first-order valence-corrected chi connectivity index (χ1v) is 7.50. The number of carbonyl (C=O) groups is 1. The van der Waals surface area contributed by atoms with Gasteiger partial charge in [-0.05, 0) is 37.0 Å². The topological polar surface area (TPSA) is 72.1 Å². The maximum atomic E-state index is 11.8. The molecular formula is C15H22N4O. The first-order chi connectivity index (χ1) is 9.78. The molecule has 1 amide bonds. The van der Waals surface area contributed by atoms with Crippen molar-refractivity contribution in [1.29, 1.82) is 0 Å². The smallest absolute Gasteiger partial charge is 0.236 e. The lowest BCUT2D eigenvalue weighted by Gasteiger charge is -2.32. The Bertz CT molecular complexity index is 464. The van der Waals surface area contributed by atoms with Crippen molar-refractivity contribution in [3.05, 3.63) is 24.3 Å². The van der Waals surface area contributed by atoms with Crippen LogP contribution in [-0.4, -0.2) is 40.4 Å². The number of aromatic nitrogens is 2. The number of nitrogens with zero attached hydrogens (tertiary/aromatic N) is 3. The van der Waals surface area contributed by atoms with E-state index >= 15 is 0 Å². The summed E-state index contributed by atoms with van der Waals surface area (Å²) in [5, 5.41) is 0. The molecule has 20 heavy (non-hydrogen) atoms. The second kappa shape index (κ2) is 5.87. The second-order valence-electron chi connectivity index (χ2n) is 6.02. The van der Waals surface area contributed by atoms with Crippen LogP contribution in [0.2, 0.25) is 0 Å². The molecule has 0 unspecified atom stereocenters. The van der Waals surface area contributed by atoms with Gasteiger partial charge in [0.05, 0.1) is 12.2 Å². The number of rotatable bonds is 3. The number of fused-ring (bicyclic) bond motifs is 1. The zero-order valence-electron chi connectivity index (χ0n) is 11.7. The van der Waals surface area contributed by atoms with E-state index in [9.17, 15) is 4.79 Å². The Hall–Kier alpha value is -1.49. The van der Waals surface area contributed by atoms with E-state index in [1.807, 2.05) is 11.1 Å². The summed E-state index contributed by atoms with van der Waals surface area (Å²) in [5.74, 6) is 1.99. The lowest BCUT2D eigenvalue weighted by molar-refractivity contribution is -0.128. The number of nitrogens with two attached hydrogens (primary N) is 1. The fraction of sp³-hybridized carbons (Fsp3) is 0.667. The fourth-order valence-electron chi connectivity index (χ4n) is 3.88. The van der Waals surface area contributed by atoms with Gasteiger partial charge in [-0.3, -0.25) is 14.8 Å². The van der Waals surface area contributed by atoms with Crippen LogP contribution >= 0.6 is 0 Å². The summed E-state index contributed by atoms with van der Waals surface area (Å²) in [6, 6.07) is 0. The van der Waals surface area contributed by atoms with Crippen molar-refractivity contribution in [2.24, 2.45) is 23.5 Å². The van der Waals surface area contributed by atoms with Gasteiger partial charge in [0.25, 0.3) is 0 Å². The molecule has 2 fully saturated rings. The molecule has 5 nitrogen and oxygen atoms in total.